The van der Waals surface area contributed by atoms with Crippen molar-refractivity contribution in [3.63, 3.8) is 0 Å². The average Bonchev–Trinajstić information content (AvgIpc) is 2.67. The highest BCUT2D eigenvalue weighted by atomic mass is 35.5. The smallest absolute Gasteiger partial charge is 0.242 e. The number of hydrogen-bond acceptors (Lipinski definition) is 5. The molecule has 2 rings (SSSR count). The number of nitrogens with one attached hydrogen (secondary N) is 2. The van der Waals surface area contributed by atoms with E-state index in [0.29, 0.717) is 28.8 Å². The van der Waals surface area contributed by atoms with Crippen LogP contribution in [0.1, 0.15) is 12.5 Å². The highest BCUT2D eigenvalue weighted by Crippen LogP contribution is 2.36. The fraction of sp³-hybridized carbons (Fsp3) is 0.316. The molecule has 26 heavy (non-hydrogen) atoms. The van der Waals surface area contributed by atoms with Crippen molar-refractivity contribution >= 4 is 23.2 Å². The highest BCUT2D eigenvalue weighted by Gasteiger charge is 2.16. The summed E-state index contributed by atoms with van der Waals surface area (Å²) in [7, 11) is 4.68. The lowest BCUT2D eigenvalue weighted by Crippen LogP contribution is -2.37. The van der Waals surface area contributed by atoms with Crippen LogP contribution in [-0.4, -0.2) is 33.3 Å². The van der Waals surface area contributed by atoms with Gasteiger partial charge in [-0.2, -0.15) is 0 Å². The van der Waals surface area contributed by atoms with Gasteiger partial charge in [0, 0.05) is 18.7 Å². The number of methoxy groups -OCH3 is 3. The summed E-state index contributed by atoms with van der Waals surface area (Å²) in [5, 5.41) is 6.45. The highest BCUT2D eigenvalue weighted by molar-refractivity contribution is 6.32. The molecular formula is C19H23ClN2O4. The molecule has 6 nitrogen and oxygen atoms in total. The minimum Gasteiger partial charge on any atom is -0.497 e. The number of halogens is 1. The van der Waals surface area contributed by atoms with Crippen LogP contribution in [0.3, 0.4) is 0 Å². The fourth-order valence-corrected chi connectivity index (χ4v) is 2.59. The Kier molecular flexibility index (Phi) is 6.97. The zero-order valence-corrected chi connectivity index (χ0v) is 16.0. The molecule has 1 amide bonds. The van der Waals surface area contributed by atoms with E-state index in [-0.39, 0.29) is 5.91 Å². The zero-order valence-electron chi connectivity index (χ0n) is 15.3. The largest absolute Gasteiger partial charge is 0.497 e. The molecule has 2 N–H and O–H groups in total. The molecule has 0 unspecified atom stereocenters. The third kappa shape index (κ3) is 4.95. The van der Waals surface area contributed by atoms with Crippen molar-refractivity contribution in [2.24, 2.45) is 0 Å². The van der Waals surface area contributed by atoms with Crippen molar-refractivity contribution in [3.05, 3.63) is 47.0 Å². The van der Waals surface area contributed by atoms with Gasteiger partial charge in [-0.05, 0) is 24.6 Å². The fourth-order valence-electron chi connectivity index (χ4n) is 2.36. The van der Waals surface area contributed by atoms with Gasteiger partial charge in [-0.1, -0.05) is 23.7 Å². The van der Waals surface area contributed by atoms with Crippen molar-refractivity contribution < 1.29 is 19.0 Å². The van der Waals surface area contributed by atoms with E-state index in [1.165, 1.54) is 14.2 Å². The van der Waals surface area contributed by atoms with Crippen molar-refractivity contribution in [2.45, 2.75) is 19.5 Å². The SMILES string of the molecule is COc1ccc(CNC(=O)[C@H](C)Nc2cc(OC)c(Cl)cc2OC)cc1. The minimum atomic E-state index is -0.479. The molecule has 0 bridgehead atoms. The predicted octanol–water partition coefficient (Wildman–Crippen LogP) is 3.48. The van der Waals surface area contributed by atoms with Gasteiger partial charge < -0.3 is 24.8 Å². The lowest BCUT2D eigenvalue weighted by Gasteiger charge is -2.18. The molecule has 0 aromatic heterocycles. The van der Waals surface area contributed by atoms with E-state index in [2.05, 4.69) is 10.6 Å². The second kappa shape index (κ2) is 9.20. The topological polar surface area (TPSA) is 68.8 Å². The lowest BCUT2D eigenvalue weighted by molar-refractivity contribution is -0.121. The van der Waals surface area contributed by atoms with E-state index in [1.807, 2.05) is 24.3 Å². The first-order valence-electron chi connectivity index (χ1n) is 8.07. The number of hydrogen-bond donors (Lipinski definition) is 2. The maximum atomic E-state index is 12.4. The normalized spacial score (nSPS) is 11.4. The predicted molar refractivity (Wildman–Crippen MR) is 102 cm³/mol. The van der Waals surface area contributed by atoms with Crippen LogP contribution in [0.5, 0.6) is 17.2 Å². The van der Waals surface area contributed by atoms with E-state index >= 15 is 0 Å². The molecule has 0 heterocycles. The first-order valence-corrected chi connectivity index (χ1v) is 8.45. The Morgan fingerprint density at radius 3 is 2.27 bits per heavy atom. The summed E-state index contributed by atoms with van der Waals surface area (Å²) in [4.78, 5) is 12.4. The third-order valence-corrected chi connectivity index (χ3v) is 4.16. The lowest BCUT2D eigenvalue weighted by atomic mass is 10.2. The number of benzene rings is 2. The summed E-state index contributed by atoms with van der Waals surface area (Å²) in [5.41, 5.74) is 1.61. The van der Waals surface area contributed by atoms with Crippen LogP contribution in [0, 0.1) is 0 Å². The standard InChI is InChI=1S/C19H23ClN2O4/c1-12(19(23)21-11-13-5-7-14(24-2)8-6-13)22-16-10-17(25-3)15(20)9-18(16)26-4/h5-10,12,22H,11H2,1-4H3,(H,21,23)/t12-/m0/s1. The number of ether oxygens (including phenoxy) is 3. The summed E-state index contributed by atoms with van der Waals surface area (Å²) in [5.74, 6) is 1.67. The molecule has 0 saturated heterocycles. The number of amides is 1. The summed E-state index contributed by atoms with van der Waals surface area (Å²) in [6.07, 6.45) is 0. The zero-order chi connectivity index (χ0) is 19.1. The Labute approximate surface area is 158 Å². The van der Waals surface area contributed by atoms with E-state index in [0.717, 1.165) is 11.3 Å². The van der Waals surface area contributed by atoms with Crippen LogP contribution in [0.4, 0.5) is 5.69 Å². The van der Waals surface area contributed by atoms with Crippen molar-refractivity contribution in [1.29, 1.82) is 0 Å². The molecule has 1 atom stereocenters. The van der Waals surface area contributed by atoms with Gasteiger partial charge in [0.1, 0.15) is 23.3 Å². The Hall–Kier alpha value is -2.60. The molecule has 0 radical (unpaired) electrons. The number of carbonyl (C=O) groups is 1. The van der Waals surface area contributed by atoms with Crippen LogP contribution < -0.4 is 24.8 Å². The van der Waals surface area contributed by atoms with Gasteiger partial charge >= 0.3 is 0 Å². The molecule has 0 aliphatic rings. The summed E-state index contributed by atoms with van der Waals surface area (Å²) in [6.45, 7) is 2.19. The molecule has 0 aliphatic heterocycles. The van der Waals surface area contributed by atoms with Crippen molar-refractivity contribution in [1.82, 2.24) is 5.32 Å². The first kappa shape index (κ1) is 19.7. The van der Waals surface area contributed by atoms with Gasteiger partial charge in [-0.3, -0.25) is 4.79 Å². The molecular weight excluding hydrogens is 356 g/mol. The van der Waals surface area contributed by atoms with Gasteiger partial charge in [-0.15, -0.1) is 0 Å². The molecule has 0 spiro atoms. The Balaban J connectivity index is 1.99. The van der Waals surface area contributed by atoms with Crippen LogP contribution in [0.15, 0.2) is 36.4 Å². The molecule has 140 valence electrons. The van der Waals surface area contributed by atoms with E-state index in [1.54, 1.807) is 26.2 Å². The van der Waals surface area contributed by atoms with Gasteiger partial charge in [0.15, 0.2) is 0 Å². The summed E-state index contributed by atoms with van der Waals surface area (Å²) < 4.78 is 15.6. The summed E-state index contributed by atoms with van der Waals surface area (Å²) in [6, 6.07) is 10.4. The number of rotatable bonds is 8. The Bertz CT molecular complexity index is 750. The monoisotopic (exact) mass is 378 g/mol. The van der Waals surface area contributed by atoms with Crippen LogP contribution in [0.25, 0.3) is 0 Å². The van der Waals surface area contributed by atoms with Crippen LogP contribution in [-0.2, 0) is 11.3 Å². The quantitative estimate of drug-likeness (QED) is 0.736. The summed E-state index contributed by atoms with van der Waals surface area (Å²) >= 11 is 6.10. The molecule has 0 fully saturated rings. The number of anilines is 1. The van der Waals surface area contributed by atoms with Crippen LogP contribution in [0.2, 0.25) is 5.02 Å². The molecule has 2 aromatic carbocycles. The van der Waals surface area contributed by atoms with Crippen LogP contribution >= 0.6 is 11.6 Å². The second-order valence-electron chi connectivity index (χ2n) is 5.62. The molecule has 0 saturated carbocycles. The number of carbonyl (C=O) groups excluding carboxylic acids is 1. The first-order chi connectivity index (χ1) is 12.5. The average molecular weight is 379 g/mol. The Morgan fingerprint density at radius 1 is 1.04 bits per heavy atom. The van der Waals surface area contributed by atoms with Crippen molar-refractivity contribution in [2.75, 3.05) is 26.6 Å². The van der Waals surface area contributed by atoms with Gasteiger partial charge in [0.05, 0.1) is 32.0 Å². The van der Waals surface area contributed by atoms with E-state index < -0.39 is 6.04 Å². The molecule has 2 aromatic rings. The maximum Gasteiger partial charge on any atom is 0.242 e. The molecule has 0 aliphatic carbocycles. The van der Waals surface area contributed by atoms with Gasteiger partial charge in [0.2, 0.25) is 5.91 Å². The minimum absolute atomic E-state index is 0.142. The van der Waals surface area contributed by atoms with Gasteiger partial charge in [-0.25, -0.2) is 0 Å². The Morgan fingerprint density at radius 2 is 1.69 bits per heavy atom. The third-order valence-electron chi connectivity index (χ3n) is 3.87. The van der Waals surface area contributed by atoms with E-state index in [4.69, 9.17) is 25.8 Å². The van der Waals surface area contributed by atoms with Crippen molar-refractivity contribution in [3.8, 4) is 17.2 Å². The van der Waals surface area contributed by atoms with E-state index in [9.17, 15) is 4.79 Å². The second-order valence-corrected chi connectivity index (χ2v) is 6.03. The molecule has 7 heteroatoms. The maximum absolute atomic E-state index is 12.4. The van der Waals surface area contributed by atoms with Gasteiger partial charge in [0.25, 0.3) is 0 Å².